The molecule has 0 rings (SSSR count). The maximum atomic E-state index is 4.97. The van der Waals surface area contributed by atoms with Gasteiger partial charge in [0.05, 0.1) is 0 Å². The van der Waals surface area contributed by atoms with E-state index in [1.165, 1.54) is 38.6 Å². The Kier molecular flexibility index (Phi) is 10.8. The summed E-state index contributed by atoms with van der Waals surface area (Å²) in [6, 6.07) is 0. The molecule has 0 bridgehead atoms. The van der Waals surface area contributed by atoms with Gasteiger partial charge in [-0.3, -0.25) is 0 Å². The Balaban J connectivity index is 2.73. The van der Waals surface area contributed by atoms with Crippen molar-refractivity contribution in [2.75, 3.05) is 26.8 Å². The molecule has 0 heterocycles. The van der Waals surface area contributed by atoms with Crippen LogP contribution in [0.5, 0.6) is 0 Å². The molecule has 2 nitrogen and oxygen atoms in total. The zero-order valence-electron chi connectivity index (χ0n) is 8.57. The third-order valence-corrected chi connectivity index (χ3v) is 1.88. The fraction of sp³-hybridized carbons (Fsp3) is 1.00. The zero-order chi connectivity index (χ0) is 9.07. The first-order valence-corrected chi connectivity index (χ1v) is 5.11. The van der Waals surface area contributed by atoms with Crippen LogP contribution in [0.1, 0.15) is 39.0 Å². The summed E-state index contributed by atoms with van der Waals surface area (Å²) >= 11 is 0. The Hall–Kier alpha value is -0.0800. The van der Waals surface area contributed by atoms with E-state index in [0.717, 1.165) is 13.2 Å². The van der Waals surface area contributed by atoms with Gasteiger partial charge in [-0.1, -0.05) is 19.8 Å². The average Bonchev–Trinajstić information content (AvgIpc) is 2.10. The summed E-state index contributed by atoms with van der Waals surface area (Å²) < 4.78 is 4.97. The topological polar surface area (TPSA) is 21.3 Å². The molecule has 0 saturated carbocycles. The maximum Gasteiger partial charge on any atom is 0.0462 e. The van der Waals surface area contributed by atoms with Crippen LogP contribution in [0.2, 0.25) is 0 Å². The average molecular weight is 173 g/mol. The van der Waals surface area contributed by atoms with Crippen molar-refractivity contribution in [1.29, 1.82) is 0 Å². The van der Waals surface area contributed by atoms with Crippen molar-refractivity contribution in [2.24, 2.45) is 0 Å². The highest BCUT2D eigenvalue weighted by Gasteiger charge is 1.89. The number of rotatable bonds is 9. The second-order valence-electron chi connectivity index (χ2n) is 3.16. The second kappa shape index (κ2) is 10.9. The number of hydrogen-bond donors (Lipinski definition) is 1. The first kappa shape index (κ1) is 11.9. The van der Waals surface area contributed by atoms with Gasteiger partial charge >= 0.3 is 0 Å². The molecule has 74 valence electrons. The van der Waals surface area contributed by atoms with Crippen molar-refractivity contribution in [3.63, 3.8) is 0 Å². The number of unbranched alkanes of at least 4 members (excludes halogenated alkanes) is 3. The lowest BCUT2D eigenvalue weighted by Crippen LogP contribution is -2.15. The number of nitrogens with one attached hydrogen (secondary N) is 1. The van der Waals surface area contributed by atoms with Crippen LogP contribution >= 0.6 is 0 Å². The van der Waals surface area contributed by atoms with E-state index in [1.54, 1.807) is 7.11 Å². The molecule has 0 aliphatic rings. The van der Waals surface area contributed by atoms with Gasteiger partial charge in [-0.05, 0) is 32.4 Å². The molecule has 0 fully saturated rings. The summed E-state index contributed by atoms with van der Waals surface area (Å²) in [5, 5.41) is 3.39. The van der Waals surface area contributed by atoms with Crippen molar-refractivity contribution in [3.8, 4) is 0 Å². The maximum absolute atomic E-state index is 4.97. The summed E-state index contributed by atoms with van der Waals surface area (Å²) in [6.07, 6.45) is 6.40. The Bertz CT molecular complexity index is 66.2. The van der Waals surface area contributed by atoms with Crippen molar-refractivity contribution in [3.05, 3.63) is 0 Å². The van der Waals surface area contributed by atoms with E-state index in [4.69, 9.17) is 4.74 Å². The lowest BCUT2D eigenvalue weighted by atomic mass is 10.2. The van der Waals surface area contributed by atoms with Gasteiger partial charge in [0.1, 0.15) is 0 Å². The van der Waals surface area contributed by atoms with Gasteiger partial charge in [-0.2, -0.15) is 0 Å². The molecule has 0 aromatic rings. The van der Waals surface area contributed by atoms with Crippen LogP contribution in [0.25, 0.3) is 0 Å². The van der Waals surface area contributed by atoms with E-state index >= 15 is 0 Å². The number of methoxy groups -OCH3 is 1. The Morgan fingerprint density at radius 2 is 1.75 bits per heavy atom. The number of hydrogen-bond acceptors (Lipinski definition) is 2. The molecule has 0 aliphatic carbocycles. The highest BCUT2D eigenvalue weighted by molar-refractivity contribution is 4.47. The second-order valence-corrected chi connectivity index (χ2v) is 3.16. The van der Waals surface area contributed by atoms with Gasteiger partial charge in [-0.25, -0.2) is 0 Å². The quantitative estimate of drug-likeness (QED) is 0.540. The van der Waals surface area contributed by atoms with Crippen LogP contribution in [0, 0.1) is 0 Å². The monoisotopic (exact) mass is 173 g/mol. The standard InChI is InChI=1S/C10H23NO/c1-3-8-11-9-6-4-5-7-10-12-2/h11H,3-10H2,1-2H3. The van der Waals surface area contributed by atoms with E-state index in [-0.39, 0.29) is 0 Å². The molecule has 0 aliphatic heterocycles. The van der Waals surface area contributed by atoms with Crippen molar-refractivity contribution in [1.82, 2.24) is 5.32 Å². The van der Waals surface area contributed by atoms with Gasteiger partial charge < -0.3 is 10.1 Å². The summed E-state index contributed by atoms with van der Waals surface area (Å²) in [5.41, 5.74) is 0. The third-order valence-electron chi connectivity index (χ3n) is 1.88. The smallest absolute Gasteiger partial charge is 0.0462 e. The largest absolute Gasteiger partial charge is 0.385 e. The molecule has 0 aromatic carbocycles. The van der Waals surface area contributed by atoms with E-state index in [0.29, 0.717) is 0 Å². The lowest BCUT2D eigenvalue weighted by molar-refractivity contribution is 0.192. The minimum absolute atomic E-state index is 0.919. The third kappa shape index (κ3) is 9.92. The first-order valence-electron chi connectivity index (χ1n) is 5.11. The summed E-state index contributed by atoms with van der Waals surface area (Å²) in [4.78, 5) is 0. The van der Waals surface area contributed by atoms with Crippen LogP contribution in [-0.2, 0) is 4.74 Å². The highest BCUT2D eigenvalue weighted by Crippen LogP contribution is 1.98. The lowest BCUT2D eigenvalue weighted by Gasteiger charge is -2.02. The molecule has 12 heavy (non-hydrogen) atoms. The van der Waals surface area contributed by atoms with Crippen molar-refractivity contribution < 1.29 is 4.74 Å². The predicted molar refractivity (Wildman–Crippen MR) is 53.5 cm³/mol. The summed E-state index contributed by atoms with van der Waals surface area (Å²) in [5.74, 6) is 0. The minimum atomic E-state index is 0.919. The highest BCUT2D eigenvalue weighted by atomic mass is 16.5. The summed E-state index contributed by atoms with van der Waals surface area (Å²) in [7, 11) is 1.77. The Morgan fingerprint density at radius 1 is 1.00 bits per heavy atom. The predicted octanol–water partition coefficient (Wildman–Crippen LogP) is 2.19. The fourth-order valence-electron chi connectivity index (χ4n) is 1.15. The fourth-order valence-corrected chi connectivity index (χ4v) is 1.15. The molecule has 0 saturated heterocycles. The van der Waals surface area contributed by atoms with Crippen molar-refractivity contribution in [2.45, 2.75) is 39.0 Å². The van der Waals surface area contributed by atoms with Crippen LogP contribution in [0.3, 0.4) is 0 Å². The van der Waals surface area contributed by atoms with Gasteiger partial charge in [0.25, 0.3) is 0 Å². The molecule has 0 aromatic heterocycles. The molecular formula is C10H23NO. The van der Waals surface area contributed by atoms with E-state index in [2.05, 4.69) is 12.2 Å². The van der Waals surface area contributed by atoms with E-state index in [9.17, 15) is 0 Å². The summed E-state index contributed by atoms with van der Waals surface area (Å²) in [6.45, 7) is 5.47. The van der Waals surface area contributed by atoms with Crippen LogP contribution in [0.15, 0.2) is 0 Å². The van der Waals surface area contributed by atoms with Crippen molar-refractivity contribution >= 4 is 0 Å². The first-order chi connectivity index (χ1) is 5.91. The van der Waals surface area contributed by atoms with Crippen LogP contribution in [-0.4, -0.2) is 26.8 Å². The zero-order valence-corrected chi connectivity index (χ0v) is 8.57. The normalized spacial score (nSPS) is 10.5. The molecular weight excluding hydrogens is 150 g/mol. The number of ether oxygens (including phenoxy) is 1. The Morgan fingerprint density at radius 3 is 2.42 bits per heavy atom. The molecule has 0 atom stereocenters. The van der Waals surface area contributed by atoms with Gasteiger partial charge in [0.2, 0.25) is 0 Å². The van der Waals surface area contributed by atoms with Gasteiger partial charge in [-0.15, -0.1) is 0 Å². The van der Waals surface area contributed by atoms with Crippen LogP contribution < -0.4 is 5.32 Å². The SMILES string of the molecule is CCCNCCCCCCOC. The van der Waals surface area contributed by atoms with E-state index in [1.807, 2.05) is 0 Å². The molecule has 0 unspecified atom stereocenters. The van der Waals surface area contributed by atoms with Gasteiger partial charge in [0, 0.05) is 13.7 Å². The van der Waals surface area contributed by atoms with Crippen LogP contribution in [0.4, 0.5) is 0 Å². The molecule has 0 radical (unpaired) electrons. The molecule has 2 heteroatoms. The van der Waals surface area contributed by atoms with E-state index < -0.39 is 0 Å². The molecule has 1 N–H and O–H groups in total. The Labute approximate surface area is 76.7 Å². The molecule has 0 spiro atoms. The minimum Gasteiger partial charge on any atom is -0.385 e. The van der Waals surface area contributed by atoms with Gasteiger partial charge in [0.15, 0.2) is 0 Å². The molecule has 0 amide bonds.